The molecule has 6 rings (SSSR count). The van der Waals surface area contributed by atoms with E-state index in [4.69, 9.17) is 0 Å². The summed E-state index contributed by atoms with van der Waals surface area (Å²) < 4.78 is 0. The third kappa shape index (κ3) is 4.05. The zero-order valence-electron chi connectivity index (χ0n) is 23.5. The Kier molecular flexibility index (Phi) is 6.67. The monoisotopic (exact) mass is 518 g/mol. The average Bonchev–Trinajstić information content (AvgIpc) is 3.48. The van der Waals surface area contributed by atoms with Gasteiger partial charge in [0, 0.05) is 18.7 Å². The van der Waals surface area contributed by atoms with Crippen molar-refractivity contribution in [3.05, 3.63) is 29.3 Å². The molecule has 4 saturated carbocycles. The number of aliphatic hydroxyl groups excluding tert-OH is 2. The molecule has 10 atom stereocenters. The Hall–Kier alpha value is -1.90. The molecule has 0 radical (unpaired) electrons. The van der Waals surface area contributed by atoms with Crippen molar-refractivity contribution >= 4 is 11.6 Å². The summed E-state index contributed by atoms with van der Waals surface area (Å²) in [7, 11) is 0. The van der Waals surface area contributed by atoms with Crippen molar-refractivity contribution in [3.8, 4) is 6.07 Å². The largest absolute Gasteiger partial charge is 0.393 e. The predicted octanol–water partition coefficient (Wildman–Crippen LogP) is 5.85. The number of hydrogen-bond acceptors (Lipinski definition) is 4. The molecule has 2 N–H and O–H groups in total. The molecule has 0 bridgehead atoms. The first-order valence-electron chi connectivity index (χ1n) is 15.3. The highest BCUT2D eigenvalue weighted by molar-refractivity contribution is 5.95. The van der Waals surface area contributed by atoms with E-state index in [0.717, 1.165) is 56.3 Å². The fourth-order valence-corrected chi connectivity index (χ4v) is 10.6. The maximum atomic E-state index is 13.3. The molecule has 1 aromatic rings. The minimum Gasteiger partial charge on any atom is -0.393 e. The van der Waals surface area contributed by atoms with Crippen LogP contribution in [0.25, 0.3) is 0 Å². The van der Waals surface area contributed by atoms with Crippen molar-refractivity contribution in [3.63, 3.8) is 0 Å². The van der Waals surface area contributed by atoms with E-state index >= 15 is 0 Å². The number of rotatable bonds is 4. The summed E-state index contributed by atoms with van der Waals surface area (Å²) in [6, 6.07) is 7.90. The Labute approximate surface area is 228 Å². The summed E-state index contributed by atoms with van der Waals surface area (Å²) in [6.07, 6.45) is 10.5. The first kappa shape index (κ1) is 26.3. The van der Waals surface area contributed by atoms with Crippen LogP contribution >= 0.6 is 0 Å². The van der Waals surface area contributed by atoms with Gasteiger partial charge in [0.05, 0.1) is 23.8 Å². The third-order valence-electron chi connectivity index (χ3n) is 12.6. The third-order valence-corrected chi connectivity index (χ3v) is 12.6. The van der Waals surface area contributed by atoms with Crippen LogP contribution in [0.15, 0.2) is 18.2 Å². The molecular formula is C33H46N2O3. The van der Waals surface area contributed by atoms with Gasteiger partial charge in [-0.25, -0.2) is 0 Å². The smallest absolute Gasteiger partial charge is 0.227 e. The molecule has 1 aromatic carbocycles. The molecule has 38 heavy (non-hydrogen) atoms. The van der Waals surface area contributed by atoms with E-state index in [-0.39, 0.29) is 28.9 Å². The molecule has 4 fully saturated rings. The molecule has 4 aliphatic carbocycles. The normalized spacial score (nSPS) is 42.4. The van der Waals surface area contributed by atoms with E-state index in [2.05, 4.69) is 26.8 Å². The summed E-state index contributed by atoms with van der Waals surface area (Å²) in [4.78, 5) is 15.2. The Balaban J connectivity index is 1.12. The summed E-state index contributed by atoms with van der Waals surface area (Å²) in [5.74, 6) is 3.31. The number of carbonyl (C=O) groups is 1. The lowest BCUT2D eigenvalue weighted by atomic mass is 9.43. The Bertz CT molecular complexity index is 1130. The Morgan fingerprint density at radius 1 is 1.11 bits per heavy atom. The second-order valence-electron chi connectivity index (χ2n) is 14.2. The van der Waals surface area contributed by atoms with E-state index in [1.165, 1.54) is 25.7 Å². The standard InChI is InChI=1S/C33H46N2O3/c1-20(4-9-30(38)35-15-12-22-16-21(19-34)5-8-28(22)35)25-6-7-26-31-27(11-14-33(25,26)3)32(2)13-10-24(36)17-23(32)18-29(31)37/h5,8,16,20,23-27,29,31,36-37H,4,6-7,9-15,17-18H2,1-3H3/t20-,23+,24-,25-,26+,27+,29-,31+,32+,33-/m1/s1. The summed E-state index contributed by atoms with van der Waals surface area (Å²) in [6.45, 7) is 8.08. The van der Waals surface area contributed by atoms with Crippen LogP contribution in [0.4, 0.5) is 5.69 Å². The summed E-state index contributed by atoms with van der Waals surface area (Å²) >= 11 is 0. The number of fused-ring (bicyclic) bond motifs is 6. The van der Waals surface area contributed by atoms with Gasteiger partial charge in [-0.1, -0.05) is 20.8 Å². The van der Waals surface area contributed by atoms with E-state index < -0.39 is 0 Å². The van der Waals surface area contributed by atoms with Crippen molar-refractivity contribution in [1.82, 2.24) is 0 Å². The Morgan fingerprint density at radius 3 is 2.66 bits per heavy atom. The van der Waals surface area contributed by atoms with Crippen LogP contribution in [0.5, 0.6) is 0 Å². The summed E-state index contributed by atoms with van der Waals surface area (Å²) in [5.41, 5.74) is 3.28. The van der Waals surface area contributed by atoms with Gasteiger partial charge < -0.3 is 15.1 Å². The highest BCUT2D eigenvalue weighted by Gasteiger charge is 2.62. The van der Waals surface area contributed by atoms with Gasteiger partial charge in [-0.2, -0.15) is 5.26 Å². The number of aliphatic hydroxyl groups is 2. The van der Waals surface area contributed by atoms with Gasteiger partial charge in [0.2, 0.25) is 5.91 Å². The van der Waals surface area contributed by atoms with E-state index in [9.17, 15) is 20.3 Å². The van der Waals surface area contributed by atoms with Gasteiger partial charge in [0.1, 0.15) is 0 Å². The summed E-state index contributed by atoms with van der Waals surface area (Å²) in [5, 5.41) is 31.0. The quantitative estimate of drug-likeness (QED) is 0.523. The van der Waals surface area contributed by atoms with Crippen molar-refractivity contribution < 1.29 is 15.0 Å². The second-order valence-corrected chi connectivity index (χ2v) is 14.2. The van der Waals surface area contributed by atoms with Crippen LogP contribution in [-0.4, -0.2) is 34.9 Å². The SMILES string of the molecule is C[C@H](CCC(=O)N1CCc2cc(C#N)ccc21)[C@H]1CC[C@H]2[C@@H]3[C@H](O)C[C@@H]4C[C@H](O)CC[C@]4(C)[C@H]3CC[C@]12C. The molecule has 1 amide bonds. The van der Waals surface area contributed by atoms with Crippen molar-refractivity contribution in [1.29, 1.82) is 5.26 Å². The molecule has 5 nitrogen and oxygen atoms in total. The maximum absolute atomic E-state index is 13.3. The molecule has 1 aliphatic heterocycles. The van der Waals surface area contributed by atoms with Crippen LogP contribution in [0, 0.1) is 57.7 Å². The molecule has 5 heteroatoms. The van der Waals surface area contributed by atoms with E-state index in [1.807, 2.05) is 23.1 Å². The van der Waals surface area contributed by atoms with Crippen molar-refractivity contribution in [2.75, 3.05) is 11.4 Å². The number of amides is 1. The van der Waals surface area contributed by atoms with Crippen LogP contribution in [0.2, 0.25) is 0 Å². The number of carbonyl (C=O) groups excluding carboxylic acids is 1. The molecule has 0 aromatic heterocycles. The molecule has 206 valence electrons. The van der Waals surface area contributed by atoms with Gasteiger partial charge in [0.25, 0.3) is 0 Å². The van der Waals surface area contributed by atoms with Crippen LogP contribution < -0.4 is 4.90 Å². The van der Waals surface area contributed by atoms with E-state index in [1.54, 1.807) is 0 Å². The number of benzene rings is 1. The van der Waals surface area contributed by atoms with E-state index in [0.29, 0.717) is 47.5 Å². The van der Waals surface area contributed by atoms with Crippen LogP contribution in [0.3, 0.4) is 0 Å². The van der Waals surface area contributed by atoms with Crippen molar-refractivity contribution in [2.24, 2.45) is 46.3 Å². The minimum atomic E-state index is -0.236. The highest BCUT2D eigenvalue weighted by Crippen LogP contribution is 2.68. The van der Waals surface area contributed by atoms with Gasteiger partial charge >= 0.3 is 0 Å². The van der Waals surface area contributed by atoms with Gasteiger partial charge in [-0.3, -0.25) is 4.79 Å². The number of nitrogens with zero attached hydrogens (tertiary/aromatic N) is 2. The first-order valence-corrected chi connectivity index (χ1v) is 15.3. The maximum Gasteiger partial charge on any atom is 0.227 e. The average molecular weight is 519 g/mol. The lowest BCUT2D eigenvalue weighted by Crippen LogP contribution is -2.58. The number of hydrogen-bond donors (Lipinski definition) is 2. The fourth-order valence-electron chi connectivity index (χ4n) is 10.6. The molecular weight excluding hydrogens is 472 g/mol. The molecule has 0 spiro atoms. The zero-order chi connectivity index (χ0) is 26.8. The predicted molar refractivity (Wildman–Crippen MR) is 148 cm³/mol. The van der Waals surface area contributed by atoms with Gasteiger partial charge in [-0.05, 0) is 134 Å². The van der Waals surface area contributed by atoms with Gasteiger partial charge in [-0.15, -0.1) is 0 Å². The molecule has 1 heterocycles. The van der Waals surface area contributed by atoms with Gasteiger partial charge in [0.15, 0.2) is 0 Å². The lowest BCUT2D eigenvalue weighted by Gasteiger charge is -2.62. The Morgan fingerprint density at radius 2 is 1.87 bits per heavy atom. The number of anilines is 1. The number of nitriles is 1. The second kappa shape index (κ2) is 9.63. The zero-order valence-corrected chi connectivity index (χ0v) is 23.5. The molecule has 5 aliphatic rings. The molecule has 0 unspecified atom stereocenters. The lowest BCUT2D eigenvalue weighted by molar-refractivity contribution is -0.174. The van der Waals surface area contributed by atoms with Crippen molar-refractivity contribution in [2.45, 2.75) is 104 Å². The van der Waals surface area contributed by atoms with Crippen LogP contribution in [0.1, 0.15) is 96.1 Å². The fraction of sp³-hybridized carbons (Fsp3) is 0.758. The minimum absolute atomic E-state index is 0.186. The highest BCUT2D eigenvalue weighted by atomic mass is 16.3. The topological polar surface area (TPSA) is 84.6 Å². The first-order chi connectivity index (χ1) is 18.2. The molecule has 0 saturated heterocycles. The van der Waals surface area contributed by atoms with Crippen LogP contribution in [-0.2, 0) is 11.2 Å².